The second-order valence-electron chi connectivity index (χ2n) is 4.21. The lowest BCUT2D eigenvalue weighted by Gasteiger charge is -2.19. The van der Waals surface area contributed by atoms with Gasteiger partial charge in [-0.1, -0.05) is 41.9 Å². The van der Waals surface area contributed by atoms with Crippen LogP contribution >= 0.6 is 24.2 Å². The van der Waals surface area contributed by atoms with E-state index in [1.807, 2.05) is 24.3 Å². The average Bonchev–Trinajstić information content (AvgIpc) is 2.38. The third kappa shape index (κ3) is 2.64. The lowest BCUT2D eigenvalue weighted by atomic mass is 9.96. The summed E-state index contributed by atoms with van der Waals surface area (Å²) >= 11 is 10.2. The van der Waals surface area contributed by atoms with Crippen molar-refractivity contribution in [1.29, 1.82) is 0 Å². The van der Waals surface area contributed by atoms with Gasteiger partial charge in [0.2, 0.25) is 0 Å². The molecule has 2 unspecified atom stereocenters. The Kier molecular flexibility index (Phi) is 4.51. The zero-order valence-corrected chi connectivity index (χ0v) is 11.4. The summed E-state index contributed by atoms with van der Waals surface area (Å²) in [6, 6.07) is 11.2. The van der Waals surface area contributed by atoms with Gasteiger partial charge in [0, 0.05) is 10.4 Å². The Labute approximate surface area is 117 Å². The molecule has 0 aliphatic heterocycles. The molecule has 0 bridgehead atoms. The fourth-order valence-corrected chi connectivity index (χ4v) is 2.62. The van der Waals surface area contributed by atoms with Gasteiger partial charge in [0.25, 0.3) is 0 Å². The van der Waals surface area contributed by atoms with Crippen LogP contribution in [0.15, 0.2) is 36.4 Å². The first kappa shape index (κ1) is 13.7. The van der Waals surface area contributed by atoms with Crippen molar-refractivity contribution in [1.82, 2.24) is 0 Å². The van der Waals surface area contributed by atoms with Crippen LogP contribution < -0.4 is 0 Å². The molecule has 2 atom stereocenters. The summed E-state index contributed by atoms with van der Waals surface area (Å²) in [6.07, 6.45) is -1.34. The van der Waals surface area contributed by atoms with Gasteiger partial charge in [0.1, 0.15) is 6.10 Å². The van der Waals surface area contributed by atoms with Gasteiger partial charge in [0.15, 0.2) is 0 Å². The van der Waals surface area contributed by atoms with E-state index in [9.17, 15) is 10.2 Å². The Bertz CT molecular complexity index is 539. The molecule has 0 saturated heterocycles. The van der Waals surface area contributed by atoms with E-state index >= 15 is 0 Å². The van der Waals surface area contributed by atoms with E-state index in [1.165, 1.54) is 0 Å². The van der Waals surface area contributed by atoms with E-state index in [0.29, 0.717) is 22.8 Å². The van der Waals surface area contributed by atoms with Crippen LogP contribution in [0.1, 0.15) is 18.1 Å². The lowest BCUT2D eigenvalue weighted by Crippen LogP contribution is -2.19. The van der Waals surface area contributed by atoms with Gasteiger partial charge in [-0.05, 0) is 29.2 Å². The van der Waals surface area contributed by atoms with Crippen molar-refractivity contribution in [2.75, 3.05) is 5.75 Å². The molecule has 96 valence electrons. The van der Waals surface area contributed by atoms with E-state index in [-0.39, 0.29) is 0 Å². The molecule has 0 fully saturated rings. The quantitative estimate of drug-likeness (QED) is 0.754. The molecular formula is C14H15ClO2S. The lowest BCUT2D eigenvalue weighted by molar-refractivity contribution is 0.0181. The number of aliphatic hydroxyl groups is 2. The normalized spacial score (nSPS) is 14.7. The van der Waals surface area contributed by atoms with Crippen LogP contribution in [-0.4, -0.2) is 22.1 Å². The molecule has 0 heterocycles. The van der Waals surface area contributed by atoms with Gasteiger partial charge in [-0.2, -0.15) is 12.6 Å². The molecule has 2 N–H and O–H groups in total. The molecule has 0 aliphatic rings. The largest absolute Gasteiger partial charge is 0.390 e. The molecule has 0 aromatic heterocycles. The van der Waals surface area contributed by atoms with Crippen LogP contribution in [-0.2, 0) is 0 Å². The smallest absolute Gasteiger partial charge is 0.106 e. The summed E-state index contributed by atoms with van der Waals surface area (Å²) in [4.78, 5) is 0. The number of benzene rings is 2. The Morgan fingerprint density at radius 3 is 2.44 bits per heavy atom. The third-order valence-corrected chi connectivity index (χ3v) is 3.57. The fourth-order valence-electron chi connectivity index (χ4n) is 2.07. The second-order valence-corrected chi connectivity index (χ2v) is 5.06. The monoisotopic (exact) mass is 282 g/mol. The highest BCUT2D eigenvalue weighted by Crippen LogP contribution is 2.32. The molecular weight excluding hydrogens is 268 g/mol. The number of thiol groups is 1. The van der Waals surface area contributed by atoms with Crippen LogP contribution in [0.4, 0.5) is 0 Å². The zero-order chi connectivity index (χ0) is 13.1. The van der Waals surface area contributed by atoms with Crippen molar-refractivity contribution < 1.29 is 10.2 Å². The maximum absolute atomic E-state index is 10.2. The summed E-state index contributed by atoms with van der Waals surface area (Å²) in [6.45, 7) is 0. The summed E-state index contributed by atoms with van der Waals surface area (Å²) in [5, 5.41) is 22.4. The van der Waals surface area contributed by atoms with Crippen molar-refractivity contribution in [3.63, 3.8) is 0 Å². The Hall–Kier alpha value is -0.740. The fraction of sp³-hybridized carbons (Fsp3) is 0.286. The summed E-state index contributed by atoms with van der Waals surface area (Å²) in [5.74, 6) is 0.525. The molecule has 2 nitrogen and oxygen atoms in total. The number of aliphatic hydroxyl groups excluding tert-OH is 2. The van der Waals surface area contributed by atoms with Gasteiger partial charge >= 0.3 is 0 Å². The van der Waals surface area contributed by atoms with Crippen LogP contribution in [0.3, 0.4) is 0 Å². The standard InChI is InChI=1S/C14H15ClO2S/c15-11-6-2-4-9-3-1-5-10(13(9)11)14(17)12(16)7-8-18/h1-6,12,14,16-18H,7-8H2. The molecule has 0 amide bonds. The van der Waals surface area contributed by atoms with Crippen LogP contribution in [0.25, 0.3) is 10.8 Å². The summed E-state index contributed by atoms with van der Waals surface area (Å²) in [7, 11) is 0. The first-order valence-corrected chi connectivity index (χ1v) is 6.80. The highest BCUT2D eigenvalue weighted by Gasteiger charge is 2.20. The Balaban J connectivity index is 2.50. The predicted molar refractivity (Wildman–Crippen MR) is 78.4 cm³/mol. The van der Waals surface area contributed by atoms with Crippen molar-refractivity contribution in [3.05, 3.63) is 47.0 Å². The highest BCUT2D eigenvalue weighted by molar-refractivity contribution is 7.80. The van der Waals surface area contributed by atoms with Crippen molar-refractivity contribution in [2.24, 2.45) is 0 Å². The SMILES string of the molecule is OC(CCS)C(O)c1cccc2cccc(Cl)c12. The molecule has 2 rings (SSSR count). The van der Waals surface area contributed by atoms with Crippen LogP contribution in [0.5, 0.6) is 0 Å². The van der Waals surface area contributed by atoms with Gasteiger partial charge in [-0.3, -0.25) is 0 Å². The van der Waals surface area contributed by atoms with E-state index in [0.717, 1.165) is 10.8 Å². The number of halogens is 1. The Morgan fingerprint density at radius 2 is 1.78 bits per heavy atom. The van der Waals surface area contributed by atoms with Crippen LogP contribution in [0, 0.1) is 0 Å². The van der Waals surface area contributed by atoms with E-state index in [2.05, 4.69) is 12.6 Å². The Morgan fingerprint density at radius 1 is 1.11 bits per heavy atom. The number of fused-ring (bicyclic) bond motifs is 1. The molecule has 4 heteroatoms. The van der Waals surface area contributed by atoms with Crippen molar-refractivity contribution in [3.8, 4) is 0 Å². The van der Waals surface area contributed by atoms with Gasteiger partial charge in [0.05, 0.1) is 6.10 Å². The van der Waals surface area contributed by atoms with Gasteiger partial charge < -0.3 is 10.2 Å². The van der Waals surface area contributed by atoms with E-state index in [4.69, 9.17) is 11.6 Å². The maximum Gasteiger partial charge on any atom is 0.106 e. The number of hydrogen-bond donors (Lipinski definition) is 3. The molecule has 0 saturated carbocycles. The minimum atomic E-state index is -0.944. The van der Waals surface area contributed by atoms with Gasteiger partial charge in [-0.25, -0.2) is 0 Å². The first-order chi connectivity index (χ1) is 8.65. The molecule has 0 spiro atoms. The number of rotatable bonds is 4. The van der Waals surface area contributed by atoms with E-state index < -0.39 is 12.2 Å². The first-order valence-electron chi connectivity index (χ1n) is 5.79. The van der Waals surface area contributed by atoms with Crippen molar-refractivity contribution in [2.45, 2.75) is 18.6 Å². The molecule has 2 aromatic carbocycles. The van der Waals surface area contributed by atoms with Crippen molar-refractivity contribution >= 4 is 35.0 Å². The van der Waals surface area contributed by atoms with Crippen LogP contribution in [0.2, 0.25) is 5.02 Å². The topological polar surface area (TPSA) is 40.5 Å². The van der Waals surface area contributed by atoms with E-state index in [1.54, 1.807) is 12.1 Å². The average molecular weight is 283 g/mol. The summed E-state index contributed by atoms with van der Waals surface area (Å²) < 4.78 is 0. The zero-order valence-electron chi connectivity index (χ0n) is 9.75. The predicted octanol–water partition coefficient (Wildman–Crippen LogP) is 3.21. The summed E-state index contributed by atoms with van der Waals surface area (Å²) in [5.41, 5.74) is 0.660. The minimum Gasteiger partial charge on any atom is -0.390 e. The molecule has 0 aliphatic carbocycles. The molecule has 2 aromatic rings. The number of hydrogen-bond acceptors (Lipinski definition) is 3. The van der Waals surface area contributed by atoms with Gasteiger partial charge in [-0.15, -0.1) is 0 Å². The maximum atomic E-state index is 10.2. The third-order valence-electron chi connectivity index (χ3n) is 2.99. The molecule has 18 heavy (non-hydrogen) atoms. The highest BCUT2D eigenvalue weighted by atomic mass is 35.5. The second kappa shape index (κ2) is 5.93. The molecule has 0 radical (unpaired) electrons. The minimum absolute atomic E-state index is 0.436.